The van der Waals surface area contributed by atoms with Crippen LogP contribution < -0.4 is 0 Å². The molecule has 0 aromatic rings. The molecule has 3 nitrogen and oxygen atoms in total. The van der Waals surface area contributed by atoms with Crippen LogP contribution in [0.2, 0.25) is 0 Å². The average Bonchev–Trinajstić information content (AvgIpc) is 2.93. The van der Waals surface area contributed by atoms with Gasteiger partial charge in [-0.15, -0.1) is 0 Å². The molecule has 80 valence electrons. The van der Waals surface area contributed by atoms with Crippen molar-refractivity contribution < 1.29 is 9.90 Å². The third-order valence-corrected chi connectivity index (χ3v) is 4.24. The minimum Gasteiger partial charge on any atom is -0.386 e. The van der Waals surface area contributed by atoms with E-state index < -0.39 is 5.60 Å². The van der Waals surface area contributed by atoms with Gasteiger partial charge in [0, 0.05) is 0 Å². The van der Waals surface area contributed by atoms with Crippen molar-refractivity contribution in [1.29, 1.82) is 0 Å². The third-order valence-electron chi connectivity index (χ3n) is 3.20. The van der Waals surface area contributed by atoms with Gasteiger partial charge in [-0.1, -0.05) is 22.9 Å². The maximum Gasteiger partial charge on any atom is 0.236 e. The molecule has 4 heteroatoms. The summed E-state index contributed by atoms with van der Waals surface area (Å²) in [6.45, 7) is 3.06. The van der Waals surface area contributed by atoms with Crippen LogP contribution in [-0.4, -0.2) is 39.4 Å². The summed E-state index contributed by atoms with van der Waals surface area (Å²) in [4.78, 5) is 13.3. The topological polar surface area (TPSA) is 40.5 Å². The Morgan fingerprint density at radius 2 is 2.21 bits per heavy atom. The molecule has 1 amide bonds. The summed E-state index contributed by atoms with van der Waals surface area (Å²) in [7, 11) is 0. The van der Waals surface area contributed by atoms with Crippen LogP contribution in [0, 0.1) is 5.92 Å². The van der Waals surface area contributed by atoms with E-state index >= 15 is 0 Å². The number of aliphatic hydroxyl groups is 1. The van der Waals surface area contributed by atoms with Gasteiger partial charge >= 0.3 is 0 Å². The quantitative estimate of drug-likeness (QED) is 0.775. The van der Waals surface area contributed by atoms with Gasteiger partial charge in [-0.05, 0) is 25.2 Å². The molecule has 0 radical (unpaired) electrons. The van der Waals surface area contributed by atoms with Crippen molar-refractivity contribution >= 4 is 21.8 Å². The van der Waals surface area contributed by atoms with E-state index in [9.17, 15) is 9.90 Å². The van der Waals surface area contributed by atoms with Gasteiger partial charge in [0.2, 0.25) is 5.91 Å². The molecule has 1 unspecified atom stereocenters. The highest BCUT2D eigenvalue weighted by Crippen LogP contribution is 2.44. The van der Waals surface area contributed by atoms with E-state index in [1.807, 2.05) is 6.92 Å². The van der Waals surface area contributed by atoms with Crippen molar-refractivity contribution in [1.82, 2.24) is 4.90 Å². The number of β-amino-alcohol motifs (C(OH)–C–C–N with tert-alkyl or cyclic N) is 1. The number of amides is 1. The normalized spacial score (nSPS) is 26.9. The Morgan fingerprint density at radius 1 is 1.64 bits per heavy atom. The van der Waals surface area contributed by atoms with E-state index in [0.717, 1.165) is 19.3 Å². The summed E-state index contributed by atoms with van der Waals surface area (Å²) < 4.78 is 0. The fourth-order valence-corrected chi connectivity index (χ4v) is 2.31. The van der Waals surface area contributed by atoms with Crippen molar-refractivity contribution in [3.05, 3.63) is 0 Å². The predicted octanol–water partition coefficient (Wildman–Crippen LogP) is 1.14. The van der Waals surface area contributed by atoms with E-state index in [1.165, 1.54) is 0 Å². The van der Waals surface area contributed by atoms with Crippen molar-refractivity contribution in [2.75, 3.05) is 13.1 Å². The van der Waals surface area contributed by atoms with Crippen LogP contribution in [0.25, 0.3) is 0 Å². The third kappa shape index (κ3) is 1.70. The van der Waals surface area contributed by atoms with Gasteiger partial charge in [-0.2, -0.15) is 0 Å². The van der Waals surface area contributed by atoms with Crippen molar-refractivity contribution in [2.45, 2.75) is 36.6 Å². The molecule has 2 rings (SSSR count). The molecule has 1 aliphatic carbocycles. The SMILES string of the molecule is CCC(Br)C(=O)N1CC(O)(C2CC2)C1. The summed E-state index contributed by atoms with van der Waals surface area (Å²) in [6, 6.07) is 0. The van der Waals surface area contributed by atoms with Crippen molar-refractivity contribution in [3.63, 3.8) is 0 Å². The number of nitrogens with zero attached hydrogens (tertiary/aromatic N) is 1. The van der Waals surface area contributed by atoms with Crippen LogP contribution in [0.1, 0.15) is 26.2 Å². The second kappa shape index (κ2) is 3.49. The molecule has 0 aromatic carbocycles. The van der Waals surface area contributed by atoms with Crippen LogP contribution in [0.5, 0.6) is 0 Å². The van der Waals surface area contributed by atoms with Crippen LogP contribution in [0.15, 0.2) is 0 Å². The van der Waals surface area contributed by atoms with Crippen LogP contribution in [-0.2, 0) is 4.79 Å². The standard InChI is InChI=1S/C10H16BrNO2/c1-2-8(11)9(13)12-5-10(14,6-12)7-3-4-7/h7-8,14H,2-6H2,1H3. The van der Waals surface area contributed by atoms with E-state index in [-0.39, 0.29) is 10.7 Å². The Kier molecular flexibility index (Phi) is 2.60. The number of hydrogen-bond donors (Lipinski definition) is 1. The highest BCUT2D eigenvalue weighted by Gasteiger charge is 2.53. The Balaban J connectivity index is 1.84. The molecular formula is C10H16BrNO2. The minimum absolute atomic E-state index is 0.0775. The zero-order valence-electron chi connectivity index (χ0n) is 8.37. The van der Waals surface area contributed by atoms with E-state index in [0.29, 0.717) is 19.0 Å². The molecular weight excluding hydrogens is 246 g/mol. The lowest BCUT2D eigenvalue weighted by Crippen LogP contribution is -2.65. The molecule has 0 spiro atoms. The van der Waals surface area contributed by atoms with Crippen molar-refractivity contribution in [2.24, 2.45) is 5.92 Å². The summed E-state index contributed by atoms with van der Waals surface area (Å²) in [6.07, 6.45) is 3.06. The molecule has 1 heterocycles. The van der Waals surface area contributed by atoms with E-state index in [4.69, 9.17) is 0 Å². The van der Waals surface area contributed by atoms with Crippen molar-refractivity contribution in [3.8, 4) is 0 Å². The second-order valence-corrected chi connectivity index (χ2v) is 5.55. The largest absolute Gasteiger partial charge is 0.386 e. The minimum atomic E-state index is -0.546. The van der Waals surface area contributed by atoms with Gasteiger partial charge in [0.25, 0.3) is 0 Å². The summed E-state index contributed by atoms with van der Waals surface area (Å²) in [5.74, 6) is 0.583. The molecule has 0 bridgehead atoms. The molecule has 0 aromatic heterocycles. The second-order valence-electron chi connectivity index (χ2n) is 4.45. The van der Waals surface area contributed by atoms with Gasteiger partial charge in [0.15, 0.2) is 0 Å². The van der Waals surface area contributed by atoms with Crippen LogP contribution >= 0.6 is 15.9 Å². The van der Waals surface area contributed by atoms with Gasteiger partial charge in [0.05, 0.1) is 17.9 Å². The zero-order chi connectivity index (χ0) is 10.3. The maximum atomic E-state index is 11.7. The molecule has 1 N–H and O–H groups in total. The number of alkyl halides is 1. The first-order chi connectivity index (χ1) is 6.57. The van der Waals surface area contributed by atoms with Gasteiger partial charge in [0.1, 0.15) is 5.60 Å². The van der Waals surface area contributed by atoms with Crippen LogP contribution in [0.3, 0.4) is 0 Å². The van der Waals surface area contributed by atoms with Gasteiger partial charge in [-0.25, -0.2) is 0 Å². The lowest BCUT2D eigenvalue weighted by atomic mass is 9.88. The molecule has 2 fully saturated rings. The zero-order valence-corrected chi connectivity index (χ0v) is 9.96. The Labute approximate surface area is 92.6 Å². The number of likely N-dealkylation sites (tertiary alicyclic amines) is 1. The summed E-state index contributed by atoms with van der Waals surface area (Å²) in [5.41, 5.74) is -0.546. The lowest BCUT2D eigenvalue weighted by Gasteiger charge is -2.47. The number of rotatable bonds is 3. The molecule has 1 aliphatic heterocycles. The fourth-order valence-electron chi connectivity index (χ4n) is 2.02. The monoisotopic (exact) mass is 261 g/mol. The predicted molar refractivity (Wildman–Crippen MR) is 57.3 cm³/mol. The molecule has 1 saturated heterocycles. The Morgan fingerprint density at radius 3 is 2.64 bits per heavy atom. The average molecular weight is 262 g/mol. The molecule has 14 heavy (non-hydrogen) atoms. The molecule has 2 aliphatic rings. The van der Waals surface area contributed by atoms with Gasteiger partial charge in [-0.3, -0.25) is 4.79 Å². The highest BCUT2D eigenvalue weighted by molar-refractivity contribution is 9.10. The fraction of sp³-hybridized carbons (Fsp3) is 0.900. The highest BCUT2D eigenvalue weighted by atomic mass is 79.9. The number of hydrogen-bond acceptors (Lipinski definition) is 2. The first-order valence-electron chi connectivity index (χ1n) is 5.22. The molecule has 1 atom stereocenters. The smallest absolute Gasteiger partial charge is 0.236 e. The van der Waals surface area contributed by atoms with E-state index in [2.05, 4.69) is 15.9 Å². The maximum absolute atomic E-state index is 11.7. The molecule has 1 saturated carbocycles. The Bertz CT molecular complexity index is 247. The summed E-state index contributed by atoms with van der Waals surface area (Å²) >= 11 is 3.33. The first-order valence-corrected chi connectivity index (χ1v) is 6.13. The van der Waals surface area contributed by atoms with Crippen LogP contribution in [0.4, 0.5) is 0 Å². The van der Waals surface area contributed by atoms with E-state index in [1.54, 1.807) is 4.90 Å². The Hall–Kier alpha value is -0.0900. The number of halogens is 1. The number of carbonyl (C=O) groups excluding carboxylic acids is 1. The summed E-state index contributed by atoms with van der Waals surface area (Å²) in [5, 5.41) is 10.0. The number of carbonyl (C=O) groups is 1. The lowest BCUT2D eigenvalue weighted by molar-refractivity contribution is -0.158. The van der Waals surface area contributed by atoms with Gasteiger partial charge < -0.3 is 10.0 Å². The first kappa shape index (κ1) is 10.4.